The summed E-state index contributed by atoms with van der Waals surface area (Å²) in [6.45, 7) is 9.13. The molecule has 0 saturated heterocycles. The van der Waals surface area contributed by atoms with Gasteiger partial charge < -0.3 is 9.47 Å². The van der Waals surface area contributed by atoms with E-state index < -0.39 is 0 Å². The molecule has 0 heterocycles. The van der Waals surface area contributed by atoms with Crippen LogP contribution in [0.25, 0.3) is 0 Å². The van der Waals surface area contributed by atoms with Crippen molar-refractivity contribution in [2.45, 2.75) is 53.1 Å². The lowest BCUT2D eigenvalue weighted by atomic mass is 9.75. The Kier molecular flexibility index (Phi) is 6.31. The molecule has 1 N–H and O–H groups in total. The molecule has 0 unspecified atom stereocenters. The van der Waals surface area contributed by atoms with E-state index in [4.69, 9.17) is 9.47 Å². The number of hydrogen-bond acceptors (Lipinski definition) is 3. The fourth-order valence-corrected chi connectivity index (χ4v) is 3.38. The number of benzene rings is 1. The van der Waals surface area contributed by atoms with Crippen molar-refractivity contribution in [3.8, 4) is 5.75 Å². The number of hydrogen-bond donors (Lipinski definition) is 1. The quantitative estimate of drug-likeness (QED) is 0.822. The molecule has 1 aliphatic rings. The molecule has 0 aliphatic heterocycles. The smallest absolute Gasteiger partial charge is 0.412 e. The van der Waals surface area contributed by atoms with Crippen molar-refractivity contribution in [3.05, 3.63) is 24.3 Å². The molecule has 4 heteroatoms. The number of carbonyl (C=O) groups is 1. The molecule has 3 atom stereocenters. The molecule has 1 aliphatic carbocycles. The van der Waals surface area contributed by atoms with Crippen LogP contribution in [0.3, 0.4) is 0 Å². The van der Waals surface area contributed by atoms with Crippen LogP contribution in [0.4, 0.5) is 10.5 Å². The first-order chi connectivity index (χ1) is 11.0. The number of rotatable bonds is 5. The highest BCUT2D eigenvalue weighted by Gasteiger charge is 2.33. The van der Waals surface area contributed by atoms with Gasteiger partial charge in [0.1, 0.15) is 11.9 Å². The Morgan fingerprint density at radius 3 is 2.74 bits per heavy atom. The second-order valence-electron chi connectivity index (χ2n) is 6.82. The molecule has 23 heavy (non-hydrogen) atoms. The van der Waals surface area contributed by atoms with Gasteiger partial charge >= 0.3 is 6.09 Å². The minimum atomic E-state index is -0.387. The number of nitrogens with one attached hydrogen (secondary N) is 1. The molecule has 1 aromatic carbocycles. The van der Waals surface area contributed by atoms with E-state index in [1.54, 1.807) is 0 Å². The van der Waals surface area contributed by atoms with Gasteiger partial charge in [0.05, 0.1) is 12.3 Å². The van der Waals surface area contributed by atoms with E-state index >= 15 is 0 Å². The molecule has 0 radical (unpaired) electrons. The first-order valence-corrected chi connectivity index (χ1v) is 8.70. The number of amides is 1. The molecule has 128 valence electrons. The van der Waals surface area contributed by atoms with Crippen molar-refractivity contribution in [2.75, 3.05) is 11.9 Å². The Hall–Kier alpha value is -1.71. The molecule has 0 bridgehead atoms. The third-order valence-electron chi connectivity index (χ3n) is 4.64. The maximum Gasteiger partial charge on any atom is 0.412 e. The van der Waals surface area contributed by atoms with E-state index in [1.807, 2.05) is 31.2 Å². The van der Waals surface area contributed by atoms with Crippen LogP contribution in [0.2, 0.25) is 0 Å². The van der Waals surface area contributed by atoms with Crippen LogP contribution in [0.5, 0.6) is 5.75 Å². The SMILES string of the molecule is CCOc1ccccc1NC(=O)O[C@@H]1C[C@H](C)CC[C@H]1C(C)C. The third kappa shape index (κ3) is 4.88. The first kappa shape index (κ1) is 17.6. The lowest BCUT2D eigenvalue weighted by Gasteiger charge is -2.36. The zero-order chi connectivity index (χ0) is 16.8. The van der Waals surface area contributed by atoms with Crippen molar-refractivity contribution in [3.63, 3.8) is 0 Å². The summed E-state index contributed by atoms with van der Waals surface area (Å²) in [5.41, 5.74) is 0.657. The highest BCUT2D eigenvalue weighted by atomic mass is 16.6. The number of anilines is 1. The lowest BCUT2D eigenvalue weighted by Crippen LogP contribution is -2.37. The highest BCUT2D eigenvalue weighted by Crippen LogP contribution is 2.35. The fourth-order valence-electron chi connectivity index (χ4n) is 3.38. The van der Waals surface area contributed by atoms with E-state index in [1.165, 1.54) is 6.42 Å². The van der Waals surface area contributed by atoms with E-state index in [2.05, 4.69) is 26.1 Å². The summed E-state index contributed by atoms with van der Waals surface area (Å²) in [5.74, 6) is 2.25. The van der Waals surface area contributed by atoms with Crippen molar-refractivity contribution in [2.24, 2.45) is 17.8 Å². The average molecular weight is 319 g/mol. The molecule has 1 amide bonds. The molecule has 0 aromatic heterocycles. The summed E-state index contributed by atoms with van der Waals surface area (Å²) in [7, 11) is 0. The molecular formula is C19H29NO3. The molecule has 1 saturated carbocycles. The van der Waals surface area contributed by atoms with Crippen LogP contribution < -0.4 is 10.1 Å². The second-order valence-corrected chi connectivity index (χ2v) is 6.82. The van der Waals surface area contributed by atoms with Gasteiger partial charge in [-0.3, -0.25) is 5.32 Å². The number of ether oxygens (including phenoxy) is 2. The van der Waals surface area contributed by atoms with Gasteiger partial charge in [-0.15, -0.1) is 0 Å². The summed E-state index contributed by atoms with van der Waals surface area (Å²) in [4.78, 5) is 12.3. The Morgan fingerprint density at radius 1 is 1.30 bits per heavy atom. The zero-order valence-corrected chi connectivity index (χ0v) is 14.7. The van der Waals surface area contributed by atoms with Crippen molar-refractivity contribution in [1.29, 1.82) is 0 Å². The van der Waals surface area contributed by atoms with E-state index in [0.717, 1.165) is 12.8 Å². The van der Waals surface area contributed by atoms with E-state index in [-0.39, 0.29) is 12.2 Å². The molecule has 0 spiro atoms. The summed E-state index contributed by atoms with van der Waals surface area (Å²) >= 11 is 0. The summed E-state index contributed by atoms with van der Waals surface area (Å²) in [6, 6.07) is 7.44. The Bertz CT molecular complexity index is 515. The van der Waals surface area contributed by atoms with Gasteiger partial charge in [-0.25, -0.2) is 4.79 Å². The van der Waals surface area contributed by atoms with Gasteiger partial charge in [-0.2, -0.15) is 0 Å². The van der Waals surface area contributed by atoms with Gasteiger partial charge in [-0.05, 0) is 49.7 Å². The van der Waals surface area contributed by atoms with Crippen molar-refractivity contribution in [1.82, 2.24) is 0 Å². The monoisotopic (exact) mass is 319 g/mol. The van der Waals surface area contributed by atoms with Crippen LogP contribution in [0.1, 0.15) is 47.0 Å². The minimum absolute atomic E-state index is 0.00185. The van der Waals surface area contributed by atoms with Crippen LogP contribution >= 0.6 is 0 Å². The third-order valence-corrected chi connectivity index (χ3v) is 4.64. The van der Waals surface area contributed by atoms with Crippen LogP contribution in [0.15, 0.2) is 24.3 Å². The molecule has 1 aromatic rings. The Labute approximate surface area is 139 Å². The maximum absolute atomic E-state index is 12.3. The van der Waals surface area contributed by atoms with Gasteiger partial charge in [0.2, 0.25) is 0 Å². The number of carbonyl (C=O) groups excluding carboxylic acids is 1. The minimum Gasteiger partial charge on any atom is -0.492 e. The molecule has 1 fully saturated rings. The fraction of sp³-hybridized carbons (Fsp3) is 0.632. The number of para-hydroxylation sites is 2. The predicted octanol–water partition coefficient (Wildman–Crippen LogP) is 5.09. The largest absolute Gasteiger partial charge is 0.492 e. The van der Waals surface area contributed by atoms with Crippen LogP contribution in [-0.4, -0.2) is 18.8 Å². The normalized spacial score (nSPS) is 24.3. The summed E-state index contributed by atoms with van der Waals surface area (Å²) in [5, 5.41) is 2.83. The van der Waals surface area contributed by atoms with Crippen LogP contribution in [0, 0.1) is 17.8 Å². The average Bonchev–Trinajstić information content (AvgIpc) is 2.49. The summed E-state index contributed by atoms with van der Waals surface area (Å²) in [6.07, 6.45) is 2.91. The molecular weight excluding hydrogens is 290 g/mol. The van der Waals surface area contributed by atoms with Gasteiger partial charge in [0.15, 0.2) is 0 Å². The predicted molar refractivity (Wildman–Crippen MR) is 92.8 cm³/mol. The van der Waals surface area contributed by atoms with E-state index in [9.17, 15) is 4.79 Å². The highest BCUT2D eigenvalue weighted by molar-refractivity contribution is 5.86. The van der Waals surface area contributed by atoms with Gasteiger partial charge in [0.25, 0.3) is 0 Å². The Balaban J connectivity index is 2.00. The molecule has 2 rings (SSSR count). The zero-order valence-electron chi connectivity index (χ0n) is 14.7. The van der Waals surface area contributed by atoms with E-state index in [0.29, 0.717) is 35.8 Å². The van der Waals surface area contributed by atoms with Crippen molar-refractivity contribution >= 4 is 11.8 Å². The Morgan fingerprint density at radius 2 is 2.04 bits per heavy atom. The van der Waals surface area contributed by atoms with Gasteiger partial charge in [0, 0.05) is 0 Å². The summed E-state index contributed by atoms with van der Waals surface area (Å²) < 4.78 is 11.3. The topological polar surface area (TPSA) is 47.6 Å². The van der Waals surface area contributed by atoms with Gasteiger partial charge in [-0.1, -0.05) is 39.3 Å². The molecule has 4 nitrogen and oxygen atoms in total. The van der Waals surface area contributed by atoms with Crippen molar-refractivity contribution < 1.29 is 14.3 Å². The lowest BCUT2D eigenvalue weighted by molar-refractivity contribution is 0.0126. The standard InChI is InChI=1S/C19H29NO3/c1-5-22-17-9-7-6-8-16(17)20-19(21)23-18-12-14(4)10-11-15(18)13(2)3/h6-9,13-15,18H,5,10-12H2,1-4H3,(H,20,21)/t14-,15+,18-/m1/s1. The maximum atomic E-state index is 12.3. The second kappa shape index (κ2) is 8.23. The first-order valence-electron chi connectivity index (χ1n) is 8.70. The van der Waals surface area contributed by atoms with Crippen LogP contribution in [-0.2, 0) is 4.74 Å².